The average Bonchev–Trinajstić information content (AvgIpc) is 3.24. The number of piperidine rings is 2. The number of hydrogen-bond donors (Lipinski definition) is 1. The van der Waals surface area contributed by atoms with Crippen LogP contribution in [0.15, 0.2) is 36.4 Å². The van der Waals surface area contributed by atoms with Crippen molar-refractivity contribution in [2.24, 2.45) is 0 Å². The number of ether oxygens (including phenoxy) is 1. The van der Waals surface area contributed by atoms with E-state index in [1.165, 1.54) is 22.2 Å². The SMILES string of the molecule is O=C1CCC(N2Cc3cc(C4CCN(Cc5ccccc5N5CCOCC5)CC4)c(F)cc3C2=O)C(=O)N1. The summed E-state index contributed by atoms with van der Waals surface area (Å²) in [4.78, 5) is 43.2. The summed E-state index contributed by atoms with van der Waals surface area (Å²) in [7, 11) is 0. The van der Waals surface area contributed by atoms with Gasteiger partial charge in [0.25, 0.3) is 5.91 Å². The van der Waals surface area contributed by atoms with Gasteiger partial charge in [0.2, 0.25) is 11.8 Å². The van der Waals surface area contributed by atoms with Gasteiger partial charge in [-0.1, -0.05) is 24.3 Å². The molecule has 2 aromatic rings. The summed E-state index contributed by atoms with van der Waals surface area (Å²) in [5, 5.41) is 2.31. The molecule has 8 nitrogen and oxygen atoms in total. The maximum atomic E-state index is 15.3. The Kier molecular flexibility index (Phi) is 6.88. The first-order valence-electron chi connectivity index (χ1n) is 13.6. The van der Waals surface area contributed by atoms with Crippen LogP contribution in [0, 0.1) is 5.82 Å². The minimum absolute atomic E-state index is 0.0887. The molecule has 9 heteroatoms. The van der Waals surface area contributed by atoms with Gasteiger partial charge in [0.1, 0.15) is 11.9 Å². The minimum Gasteiger partial charge on any atom is -0.378 e. The molecule has 2 aromatic carbocycles. The number of hydrogen-bond acceptors (Lipinski definition) is 6. The van der Waals surface area contributed by atoms with E-state index in [-0.39, 0.29) is 36.5 Å². The number of nitrogens with zero attached hydrogens (tertiary/aromatic N) is 3. The van der Waals surface area contributed by atoms with Crippen LogP contribution in [0.1, 0.15) is 58.6 Å². The van der Waals surface area contributed by atoms with Crippen molar-refractivity contribution in [3.8, 4) is 0 Å². The molecule has 0 bridgehead atoms. The Morgan fingerprint density at radius 3 is 2.50 bits per heavy atom. The number of imide groups is 1. The molecule has 4 heterocycles. The highest BCUT2D eigenvalue weighted by Gasteiger charge is 2.40. The number of amides is 3. The summed E-state index contributed by atoms with van der Waals surface area (Å²) in [5.41, 5.74) is 4.33. The fourth-order valence-electron chi connectivity index (χ4n) is 6.32. The Morgan fingerprint density at radius 1 is 0.974 bits per heavy atom. The third kappa shape index (κ3) is 4.80. The lowest BCUT2D eigenvalue weighted by Crippen LogP contribution is -2.52. The van der Waals surface area contributed by atoms with E-state index in [1.54, 1.807) is 0 Å². The number of anilines is 1. The average molecular weight is 521 g/mol. The standard InChI is InChI=1S/C29H33FN4O4/c30-24-16-23-21(18-34(29(23)37)26-5-6-27(35)31-28(26)36)15-22(24)19-7-9-32(10-8-19)17-20-3-1-2-4-25(20)33-11-13-38-14-12-33/h1-4,15-16,19,26H,5-14,17-18H2,(H,31,35,36). The molecule has 1 unspecified atom stereocenters. The van der Waals surface area contributed by atoms with Crippen LogP contribution in [-0.4, -0.2) is 73.0 Å². The number of carbonyl (C=O) groups excluding carboxylic acids is 3. The monoisotopic (exact) mass is 520 g/mol. The zero-order valence-electron chi connectivity index (χ0n) is 21.5. The molecule has 200 valence electrons. The molecule has 0 aromatic heterocycles. The van der Waals surface area contributed by atoms with E-state index in [0.717, 1.165) is 64.3 Å². The van der Waals surface area contributed by atoms with E-state index in [9.17, 15) is 14.4 Å². The number of rotatable bonds is 5. The van der Waals surface area contributed by atoms with Gasteiger partial charge in [-0.05, 0) is 67.1 Å². The van der Waals surface area contributed by atoms with E-state index < -0.39 is 11.9 Å². The molecular weight excluding hydrogens is 487 g/mol. The van der Waals surface area contributed by atoms with Gasteiger partial charge in [0.15, 0.2) is 0 Å². The van der Waals surface area contributed by atoms with Crippen LogP contribution in [0.5, 0.6) is 0 Å². The summed E-state index contributed by atoms with van der Waals surface area (Å²) in [5.74, 6) is -1.37. The third-order valence-electron chi connectivity index (χ3n) is 8.41. The molecule has 0 saturated carbocycles. The fourth-order valence-corrected chi connectivity index (χ4v) is 6.32. The molecule has 0 spiro atoms. The van der Waals surface area contributed by atoms with Crippen molar-refractivity contribution in [2.75, 3.05) is 44.3 Å². The summed E-state index contributed by atoms with van der Waals surface area (Å²) in [6.07, 6.45) is 2.19. The Morgan fingerprint density at radius 2 is 1.74 bits per heavy atom. The van der Waals surface area contributed by atoms with Crippen molar-refractivity contribution in [3.63, 3.8) is 0 Å². The molecule has 38 heavy (non-hydrogen) atoms. The van der Waals surface area contributed by atoms with Crippen LogP contribution in [0.4, 0.5) is 10.1 Å². The van der Waals surface area contributed by atoms with Crippen molar-refractivity contribution in [1.82, 2.24) is 15.1 Å². The first kappa shape index (κ1) is 25.0. The smallest absolute Gasteiger partial charge is 0.255 e. The van der Waals surface area contributed by atoms with Gasteiger partial charge in [-0.2, -0.15) is 0 Å². The maximum absolute atomic E-state index is 15.3. The van der Waals surface area contributed by atoms with Crippen molar-refractivity contribution < 1.29 is 23.5 Å². The first-order chi connectivity index (χ1) is 18.5. The summed E-state index contributed by atoms with van der Waals surface area (Å²) in [6, 6.07) is 11.1. The highest BCUT2D eigenvalue weighted by Crippen LogP contribution is 2.36. The Bertz CT molecular complexity index is 1250. The normalized spacial score (nSPS) is 23.1. The van der Waals surface area contributed by atoms with Gasteiger partial charge in [-0.3, -0.25) is 24.6 Å². The number of para-hydroxylation sites is 1. The maximum Gasteiger partial charge on any atom is 0.255 e. The van der Waals surface area contributed by atoms with Crippen molar-refractivity contribution >= 4 is 23.4 Å². The number of carbonyl (C=O) groups is 3. The largest absolute Gasteiger partial charge is 0.378 e. The second kappa shape index (κ2) is 10.5. The molecule has 3 saturated heterocycles. The molecule has 3 amide bonds. The lowest BCUT2D eigenvalue weighted by atomic mass is 9.87. The highest BCUT2D eigenvalue weighted by atomic mass is 19.1. The van der Waals surface area contributed by atoms with Crippen LogP contribution in [-0.2, 0) is 27.4 Å². The van der Waals surface area contributed by atoms with Crippen LogP contribution >= 0.6 is 0 Å². The Labute approximate surface area is 221 Å². The van der Waals surface area contributed by atoms with Crippen LogP contribution < -0.4 is 10.2 Å². The fraction of sp³-hybridized carbons (Fsp3) is 0.483. The number of fused-ring (bicyclic) bond motifs is 1. The molecule has 6 rings (SSSR count). The van der Waals surface area contributed by atoms with Gasteiger partial charge in [0, 0.05) is 43.9 Å². The van der Waals surface area contributed by atoms with E-state index in [0.29, 0.717) is 17.5 Å². The minimum atomic E-state index is -0.692. The molecule has 1 atom stereocenters. The van der Waals surface area contributed by atoms with E-state index in [2.05, 4.69) is 39.4 Å². The summed E-state index contributed by atoms with van der Waals surface area (Å²) < 4.78 is 20.8. The zero-order chi connectivity index (χ0) is 26.2. The second-order valence-electron chi connectivity index (χ2n) is 10.7. The summed E-state index contributed by atoms with van der Waals surface area (Å²) >= 11 is 0. The zero-order valence-corrected chi connectivity index (χ0v) is 21.5. The van der Waals surface area contributed by atoms with Crippen LogP contribution in [0.2, 0.25) is 0 Å². The molecular formula is C29H33FN4O4. The van der Waals surface area contributed by atoms with Gasteiger partial charge in [-0.25, -0.2) is 4.39 Å². The van der Waals surface area contributed by atoms with Gasteiger partial charge >= 0.3 is 0 Å². The summed E-state index contributed by atoms with van der Waals surface area (Å²) in [6.45, 7) is 6.19. The first-order valence-corrected chi connectivity index (χ1v) is 13.6. The number of nitrogens with one attached hydrogen (secondary N) is 1. The number of halogens is 1. The molecule has 0 radical (unpaired) electrons. The molecule has 0 aliphatic carbocycles. The lowest BCUT2D eigenvalue weighted by molar-refractivity contribution is -0.136. The topological polar surface area (TPSA) is 82.2 Å². The Balaban J connectivity index is 1.11. The lowest BCUT2D eigenvalue weighted by Gasteiger charge is -2.35. The second-order valence-corrected chi connectivity index (χ2v) is 10.7. The number of benzene rings is 2. The molecule has 4 aliphatic rings. The van der Waals surface area contributed by atoms with Gasteiger partial charge in [0.05, 0.1) is 13.2 Å². The van der Waals surface area contributed by atoms with Crippen molar-refractivity contribution in [3.05, 3.63) is 64.5 Å². The molecule has 4 aliphatic heterocycles. The van der Waals surface area contributed by atoms with Gasteiger partial charge in [-0.15, -0.1) is 0 Å². The Hall–Kier alpha value is -3.30. The quantitative estimate of drug-likeness (QED) is 0.611. The third-order valence-corrected chi connectivity index (χ3v) is 8.41. The highest BCUT2D eigenvalue weighted by molar-refractivity contribution is 6.05. The van der Waals surface area contributed by atoms with Crippen molar-refractivity contribution in [1.29, 1.82) is 0 Å². The number of morpholine rings is 1. The van der Waals surface area contributed by atoms with Crippen LogP contribution in [0.3, 0.4) is 0 Å². The molecule has 3 fully saturated rings. The van der Waals surface area contributed by atoms with E-state index in [1.807, 2.05) is 6.07 Å². The molecule has 1 N–H and O–H groups in total. The van der Waals surface area contributed by atoms with Crippen LogP contribution in [0.25, 0.3) is 0 Å². The van der Waals surface area contributed by atoms with E-state index >= 15 is 4.39 Å². The van der Waals surface area contributed by atoms with E-state index in [4.69, 9.17) is 4.74 Å². The predicted octanol–water partition coefficient (Wildman–Crippen LogP) is 2.80. The van der Waals surface area contributed by atoms with Crippen molar-refractivity contribution in [2.45, 2.75) is 50.7 Å². The van der Waals surface area contributed by atoms with Gasteiger partial charge < -0.3 is 14.5 Å². The predicted molar refractivity (Wildman–Crippen MR) is 139 cm³/mol. The number of likely N-dealkylation sites (tertiary alicyclic amines) is 1.